The molecule has 6 N–H and O–H groups in total. The average molecular weight is 447 g/mol. The van der Waals surface area contributed by atoms with Crippen molar-refractivity contribution >= 4 is 30.0 Å². The van der Waals surface area contributed by atoms with Crippen LogP contribution in [0.1, 0.15) is 38.8 Å². The summed E-state index contributed by atoms with van der Waals surface area (Å²) in [7, 11) is 0. The van der Waals surface area contributed by atoms with E-state index in [4.69, 9.17) is 16.5 Å². The van der Waals surface area contributed by atoms with Crippen molar-refractivity contribution in [2.45, 2.75) is 39.8 Å². The van der Waals surface area contributed by atoms with Gasteiger partial charge < -0.3 is 15.9 Å². The fourth-order valence-corrected chi connectivity index (χ4v) is 2.92. The monoisotopic (exact) mass is 446 g/mol. The highest BCUT2D eigenvalue weighted by Gasteiger charge is 2.05. The molecule has 0 saturated heterocycles. The highest BCUT2D eigenvalue weighted by Crippen LogP contribution is 2.19. The van der Waals surface area contributed by atoms with Gasteiger partial charge in [-0.2, -0.15) is 10.2 Å². The summed E-state index contributed by atoms with van der Waals surface area (Å²) in [5.74, 6) is 0.568. The lowest BCUT2D eigenvalue weighted by molar-refractivity contribution is 0.816. The summed E-state index contributed by atoms with van der Waals surface area (Å²) >= 11 is 0. The number of hydrogen-bond donors (Lipinski definition) is 4. The third kappa shape index (κ3) is 7.17. The molecule has 10 heteroatoms. The molecule has 0 bridgehead atoms. The quantitative estimate of drug-likeness (QED) is 0.250. The van der Waals surface area contributed by atoms with Gasteiger partial charge in [0.2, 0.25) is 11.9 Å². The second kappa shape index (κ2) is 10.9. The first-order valence-corrected chi connectivity index (χ1v) is 10.6. The molecule has 0 spiro atoms. The van der Waals surface area contributed by atoms with Crippen LogP contribution in [-0.4, -0.2) is 45.8 Å². The molecule has 2 aromatic heterocycles. The minimum Gasteiger partial charge on any atom is -0.369 e. The van der Waals surface area contributed by atoms with E-state index in [9.17, 15) is 0 Å². The van der Waals surface area contributed by atoms with Gasteiger partial charge in [-0.3, -0.25) is 0 Å². The lowest BCUT2D eigenvalue weighted by atomic mass is 10.1. The Morgan fingerprint density at radius 2 is 1.36 bits per heavy atom. The smallest absolute Gasteiger partial charge is 0.209 e. The van der Waals surface area contributed by atoms with E-state index in [0.29, 0.717) is 0 Å². The number of guanidine groups is 2. The maximum absolute atomic E-state index is 5.75. The first-order chi connectivity index (χ1) is 15.8. The van der Waals surface area contributed by atoms with Gasteiger partial charge in [0.15, 0.2) is 0 Å². The van der Waals surface area contributed by atoms with Gasteiger partial charge in [-0.25, -0.2) is 25.8 Å². The number of nitrogens with zero attached hydrogens (tertiary/aromatic N) is 6. The zero-order valence-corrected chi connectivity index (χ0v) is 19.3. The molecule has 0 radical (unpaired) electrons. The van der Waals surface area contributed by atoms with E-state index in [1.807, 2.05) is 80.9 Å². The van der Waals surface area contributed by atoms with Crippen molar-refractivity contribution in [3.8, 4) is 11.3 Å². The fraction of sp³-hybridized carbons (Fsp3) is 0.261. The molecular weight excluding hydrogens is 416 g/mol. The normalized spacial score (nSPS) is 13.2. The molecule has 3 aromatic rings. The Labute approximate surface area is 193 Å². The Balaban J connectivity index is 1.68. The summed E-state index contributed by atoms with van der Waals surface area (Å²) in [6.45, 7) is 7.79. The summed E-state index contributed by atoms with van der Waals surface area (Å²) < 4.78 is 1.96. The second-order valence-electron chi connectivity index (χ2n) is 7.93. The molecule has 1 aromatic carbocycles. The number of nitrogens with two attached hydrogens (primary N) is 2. The van der Waals surface area contributed by atoms with Gasteiger partial charge >= 0.3 is 0 Å². The number of imidazole rings is 1. The number of pyridine rings is 1. The minimum atomic E-state index is 0.106. The number of aromatic nitrogens is 2. The van der Waals surface area contributed by atoms with Crippen LogP contribution < -0.4 is 22.3 Å². The van der Waals surface area contributed by atoms with Gasteiger partial charge in [-0.15, -0.1) is 0 Å². The van der Waals surface area contributed by atoms with Crippen LogP contribution in [0.2, 0.25) is 0 Å². The summed E-state index contributed by atoms with van der Waals surface area (Å²) in [6, 6.07) is 12.0. The van der Waals surface area contributed by atoms with E-state index < -0.39 is 0 Å². The number of aliphatic imine (C=N–C) groups is 2. The van der Waals surface area contributed by atoms with Crippen LogP contribution in [0.25, 0.3) is 16.9 Å². The van der Waals surface area contributed by atoms with E-state index in [1.165, 1.54) is 0 Å². The highest BCUT2D eigenvalue weighted by molar-refractivity contribution is 5.84. The fourth-order valence-electron chi connectivity index (χ4n) is 2.92. The van der Waals surface area contributed by atoms with Crippen LogP contribution in [0, 0.1) is 0 Å². The SMILES string of the molecule is CC(C)N=C(N)N/N=C/c1ccc(-c2cn3cc(/C=N/NC(N)=NC(C)C)ccc3n2)cc1. The lowest BCUT2D eigenvalue weighted by Gasteiger charge is -2.01. The lowest BCUT2D eigenvalue weighted by Crippen LogP contribution is -2.28. The van der Waals surface area contributed by atoms with Crippen LogP contribution >= 0.6 is 0 Å². The molecule has 0 aliphatic rings. The van der Waals surface area contributed by atoms with E-state index in [-0.39, 0.29) is 24.0 Å². The first-order valence-electron chi connectivity index (χ1n) is 10.6. The number of hydrazone groups is 2. The molecule has 10 nitrogen and oxygen atoms in total. The third-order valence-corrected chi connectivity index (χ3v) is 4.26. The van der Waals surface area contributed by atoms with E-state index >= 15 is 0 Å². The second-order valence-corrected chi connectivity index (χ2v) is 7.93. The van der Waals surface area contributed by atoms with Crippen LogP contribution in [0.4, 0.5) is 0 Å². The molecule has 0 saturated carbocycles. The van der Waals surface area contributed by atoms with Crippen molar-refractivity contribution in [2.24, 2.45) is 31.7 Å². The predicted molar refractivity (Wildman–Crippen MR) is 136 cm³/mol. The van der Waals surface area contributed by atoms with Crippen molar-refractivity contribution in [1.29, 1.82) is 0 Å². The standard InChI is InChI=1S/C23H30N10/c1-15(2)28-22(24)31-26-11-17-5-8-19(9-6-17)20-14-33-13-18(7-10-21(33)30-20)12-27-32-23(25)29-16(3)4/h5-16H,1-4H3,(H3,24,28,31)(H3,25,29,32)/b26-11+,27-12+. The Hall–Kier alpha value is -4.21. The highest BCUT2D eigenvalue weighted by atomic mass is 15.4. The minimum absolute atomic E-state index is 0.106. The molecule has 3 rings (SSSR count). The Bertz CT molecular complexity index is 1180. The van der Waals surface area contributed by atoms with Gasteiger partial charge in [-0.05, 0) is 45.4 Å². The zero-order chi connectivity index (χ0) is 23.8. The Morgan fingerprint density at radius 3 is 1.94 bits per heavy atom. The summed E-state index contributed by atoms with van der Waals surface area (Å²) in [5.41, 5.74) is 21.5. The van der Waals surface area contributed by atoms with E-state index in [1.54, 1.807) is 12.4 Å². The summed E-state index contributed by atoms with van der Waals surface area (Å²) in [5, 5.41) is 8.24. The van der Waals surface area contributed by atoms with Gasteiger partial charge in [0.05, 0.1) is 18.1 Å². The number of nitrogens with one attached hydrogen (secondary N) is 2. The predicted octanol–water partition coefficient (Wildman–Crippen LogP) is 2.29. The van der Waals surface area contributed by atoms with Gasteiger partial charge in [0.1, 0.15) is 5.65 Å². The van der Waals surface area contributed by atoms with E-state index in [0.717, 1.165) is 28.0 Å². The maximum atomic E-state index is 5.75. The maximum Gasteiger partial charge on any atom is 0.209 e. The molecule has 0 fully saturated rings. The first kappa shape index (κ1) is 23.5. The van der Waals surface area contributed by atoms with Crippen molar-refractivity contribution in [3.63, 3.8) is 0 Å². The van der Waals surface area contributed by atoms with Crippen LogP contribution in [0.15, 0.2) is 69.0 Å². The number of fused-ring (bicyclic) bond motifs is 1. The molecule has 0 atom stereocenters. The van der Waals surface area contributed by atoms with Gasteiger partial charge in [-0.1, -0.05) is 24.3 Å². The number of rotatable bonds is 7. The largest absolute Gasteiger partial charge is 0.369 e. The molecule has 0 aliphatic carbocycles. The topological polar surface area (TPSA) is 143 Å². The van der Waals surface area contributed by atoms with Crippen LogP contribution in [0.3, 0.4) is 0 Å². The Kier molecular flexibility index (Phi) is 7.74. The zero-order valence-electron chi connectivity index (χ0n) is 19.3. The van der Waals surface area contributed by atoms with Crippen molar-refractivity contribution < 1.29 is 0 Å². The summed E-state index contributed by atoms with van der Waals surface area (Å²) in [6.07, 6.45) is 7.29. The molecule has 2 heterocycles. The van der Waals surface area contributed by atoms with Crippen molar-refractivity contribution in [2.75, 3.05) is 0 Å². The molecule has 0 unspecified atom stereocenters. The molecule has 0 amide bonds. The third-order valence-electron chi connectivity index (χ3n) is 4.26. The molecular formula is C23H30N10. The Morgan fingerprint density at radius 1 is 0.818 bits per heavy atom. The molecule has 172 valence electrons. The average Bonchev–Trinajstić information content (AvgIpc) is 3.16. The van der Waals surface area contributed by atoms with Crippen LogP contribution in [0.5, 0.6) is 0 Å². The van der Waals surface area contributed by atoms with E-state index in [2.05, 4.69) is 31.0 Å². The number of hydrogen-bond acceptors (Lipinski definition) is 5. The van der Waals surface area contributed by atoms with Crippen molar-refractivity contribution in [3.05, 3.63) is 59.9 Å². The van der Waals surface area contributed by atoms with Gasteiger partial charge in [0.25, 0.3) is 0 Å². The van der Waals surface area contributed by atoms with Crippen LogP contribution in [-0.2, 0) is 0 Å². The number of benzene rings is 1. The molecule has 33 heavy (non-hydrogen) atoms. The van der Waals surface area contributed by atoms with Crippen molar-refractivity contribution in [1.82, 2.24) is 20.2 Å². The molecule has 0 aliphatic heterocycles. The van der Waals surface area contributed by atoms with Gasteiger partial charge in [0, 0.05) is 35.6 Å². The summed E-state index contributed by atoms with van der Waals surface area (Å²) in [4.78, 5) is 13.0.